The highest BCUT2D eigenvalue weighted by atomic mass is 35.5. The lowest BCUT2D eigenvalue weighted by atomic mass is 9.89. The van der Waals surface area contributed by atoms with Crippen LogP contribution in [-0.4, -0.2) is 102 Å². The summed E-state index contributed by atoms with van der Waals surface area (Å²) >= 11 is 7.41. The molecule has 0 spiro atoms. The van der Waals surface area contributed by atoms with Crippen LogP contribution in [0.4, 0.5) is 21.9 Å². The van der Waals surface area contributed by atoms with E-state index in [1.54, 1.807) is 40.7 Å². The van der Waals surface area contributed by atoms with Gasteiger partial charge in [0.15, 0.2) is 17.2 Å². The van der Waals surface area contributed by atoms with Crippen LogP contribution >= 0.6 is 22.9 Å². The molecule has 3 aliphatic rings. The number of sulfonamides is 1. The zero-order chi connectivity index (χ0) is 49.2. The van der Waals surface area contributed by atoms with E-state index in [2.05, 4.69) is 44.4 Å². The SMILES string of the molecule is Cc1cn(C2CCC(=O)NC2=O)c2ccc(N3CCC(CCNC(=O)Nc4cccc(CS(=O)(=O)N5CC[C@H](Nc6cccc(-c7sc(C(=O)O)c(OCC(=O)O)c7Cl)c6)CC5(C)C)c4)CC3)cc12. The van der Waals surface area contributed by atoms with Crippen LogP contribution in [0.1, 0.15) is 85.6 Å². The van der Waals surface area contributed by atoms with Gasteiger partial charge in [-0.05, 0) is 124 Å². The molecule has 3 aliphatic heterocycles. The number of imide groups is 1. The second-order valence-electron chi connectivity index (χ2n) is 18.6. The Morgan fingerprint density at radius 2 is 1.71 bits per heavy atom. The minimum Gasteiger partial charge on any atom is -0.479 e. The zero-order valence-electron chi connectivity index (χ0n) is 38.5. The number of aromatic nitrogens is 1. The molecule has 0 saturated carbocycles. The van der Waals surface area contributed by atoms with Gasteiger partial charge in [-0.15, -0.1) is 11.3 Å². The maximum Gasteiger partial charge on any atom is 0.349 e. The standard InChI is InChI=1S/C49H56ClN7O10S2/c1-29-26-56(39-12-13-40(58)54-46(39)61)38-11-10-36(24-37(29)38)55-19-15-30(16-20-55)14-18-51-48(64)53-33-8-4-6-31(22-33)28-69(65,66)57-21-17-35(25-49(57,2)3)52-34-9-5-7-32(23-34)44-42(50)43(67-27-41(59)60)45(68-44)47(62)63/h4-11,22-24,26,30,35,39,52H,12-21,25,27-28H2,1-3H3,(H,59,60)(H,62,63)(H2,51,53,64)(H,54,58,61)/t35-,39?/m0/s1. The number of benzene rings is 3. The van der Waals surface area contributed by atoms with Crippen LogP contribution < -0.4 is 30.9 Å². The number of nitrogens with zero attached hydrogens (tertiary/aromatic N) is 3. The molecule has 2 atom stereocenters. The predicted molar refractivity (Wildman–Crippen MR) is 266 cm³/mol. The van der Waals surface area contributed by atoms with Crippen molar-refractivity contribution in [3.05, 3.63) is 94.0 Å². The number of carbonyl (C=O) groups excluding carboxylic acids is 3. The average molecular weight is 1000 g/mol. The van der Waals surface area contributed by atoms with E-state index < -0.39 is 40.1 Å². The Kier molecular flexibility index (Phi) is 14.6. The number of carbonyl (C=O) groups is 5. The van der Waals surface area contributed by atoms with E-state index in [9.17, 15) is 37.5 Å². The Bertz CT molecular complexity index is 2910. The number of urea groups is 1. The molecule has 3 saturated heterocycles. The van der Waals surface area contributed by atoms with Crippen molar-refractivity contribution >= 4 is 90.7 Å². The molecule has 366 valence electrons. The third kappa shape index (κ3) is 11.3. The molecule has 3 fully saturated rings. The van der Waals surface area contributed by atoms with Crippen molar-refractivity contribution in [1.29, 1.82) is 0 Å². The fraction of sp³-hybridized carbons (Fsp3) is 0.408. The third-order valence-corrected chi connectivity index (χ3v) is 16.9. The summed E-state index contributed by atoms with van der Waals surface area (Å²) in [5.74, 6) is -3.05. The fourth-order valence-electron chi connectivity index (χ4n) is 9.88. The molecule has 0 radical (unpaired) electrons. The van der Waals surface area contributed by atoms with Gasteiger partial charge in [0, 0.05) is 78.3 Å². The number of hydrogen-bond acceptors (Lipinski definition) is 11. The number of amides is 4. The molecule has 0 bridgehead atoms. The Balaban J connectivity index is 0.794. The lowest BCUT2D eigenvalue weighted by Crippen LogP contribution is -2.55. The average Bonchev–Trinajstić information content (AvgIpc) is 3.80. The molecule has 1 unspecified atom stereocenters. The zero-order valence-corrected chi connectivity index (χ0v) is 40.9. The molecule has 8 rings (SSSR count). The number of rotatable bonds is 16. The third-order valence-electron chi connectivity index (χ3n) is 13.2. The number of carboxylic acid groups (broad SMARTS) is 2. The summed E-state index contributed by atoms with van der Waals surface area (Å²) in [5.41, 5.74) is 4.80. The highest BCUT2D eigenvalue weighted by molar-refractivity contribution is 7.88. The predicted octanol–water partition coefficient (Wildman–Crippen LogP) is 8.08. The number of halogens is 1. The summed E-state index contributed by atoms with van der Waals surface area (Å²) in [4.78, 5) is 62.9. The van der Waals surface area contributed by atoms with E-state index in [0.29, 0.717) is 59.8 Å². The van der Waals surface area contributed by atoms with Gasteiger partial charge in [-0.1, -0.05) is 35.9 Å². The van der Waals surface area contributed by atoms with Crippen LogP contribution in [0.25, 0.3) is 21.3 Å². The largest absolute Gasteiger partial charge is 0.479 e. The summed E-state index contributed by atoms with van der Waals surface area (Å²) in [7, 11) is -3.78. The smallest absolute Gasteiger partial charge is 0.349 e. The molecular formula is C49H56ClN7O10S2. The lowest BCUT2D eigenvalue weighted by Gasteiger charge is -2.45. The van der Waals surface area contributed by atoms with Gasteiger partial charge in [-0.2, -0.15) is 4.31 Å². The van der Waals surface area contributed by atoms with Gasteiger partial charge in [0.25, 0.3) is 0 Å². The van der Waals surface area contributed by atoms with E-state index in [1.165, 1.54) is 0 Å². The van der Waals surface area contributed by atoms with Crippen molar-refractivity contribution in [3.8, 4) is 16.2 Å². The molecule has 6 N–H and O–H groups in total. The quantitative estimate of drug-likeness (QED) is 0.0516. The van der Waals surface area contributed by atoms with Gasteiger partial charge in [-0.3, -0.25) is 14.9 Å². The van der Waals surface area contributed by atoms with Crippen LogP contribution in [0.3, 0.4) is 0 Å². The van der Waals surface area contributed by atoms with Gasteiger partial charge < -0.3 is 40.4 Å². The maximum absolute atomic E-state index is 14.0. The van der Waals surface area contributed by atoms with Gasteiger partial charge >= 0.3 is 18.0 Å². The van der Waals surface area contributed by atoms with Gasteiger partial charge in [0.05, 0.1) is 10.6 Å². The summed E-state index contributed by atoms with van der Waals surface area (Å²) < 4.78 is 36.7. The molecule has 3 aromatic carbocycles. The van der Waals surface area contributed by atoms with Crippen LogP contribution in [-0.2, 0) is 30.2 Å². The summed E-state index contributed by atoms with van der Waals surface area (Å²) in [6.45, 7) is 7.62. The van der Waals surface area contributed by atoms with Crippen molar-refractivity contribution in [1.82, 2.24) is 19.5 Å². The normalized spacial score (nSPS) is 19.0. The Morgan fingerprint density at radius 1 is 0.957 bits per heavy atom. The number of aromatic carboxylic acids is 1. The highest BCUT2D eigenvalue weighted by Gasteiger charge is 2.41. The molecule has 0 aliphatic carbocycles. The van der Waals surface area contributed by atoms with Gasteiger partial charge in [0.2, 0.25) is 21.8 Å². The highest BCUT2D eigenvalue weighted by Crippen LogP contribution is 2.46. The van der Waals surface area contributed by atoms with Crippen molar-refractivity contribution in [2.75, 3.05) is 48.3 Å². The number of fused-ring (bicyclic) bond motifs is 1. The number of hydrogen-bond donors (Lipinski definition) is 6. The van der Waals surface area contributed by atoms with E-state index >= 15 is 0 Å². The first-order chi connectivity index (χ1) is 32.8. The second kappa shape index (κ2) is 20.4. The number of anilines is 3. The monoisotopic (exact) mass is 1000 g/mol. The number of aliphatic carboxylic acids is 1. The number of piperidine rings is 3. The summed E-state index contributed by atoms with van der Waals surface area (Å²) in [6.07, 6.45) is 6.61. The number of nitrogens with one attached hydrogen (secondary N) is 4. The van der Waals surface area contributed by atoms with Crippen molar-refractivity contribution in [2.45, 2.75) is 89.1 Å². The molecule has 69 heavy (non-hydrogen) atoms. The van der Waals surface area contributed by atoms with E-state index in [0.717, 1.165) is 71.5 Å². The summed E-state index contributed by atoms with van der Waals surface area (Å²) in [5, 5.41) is 31.7. The first-order valence-electron chi connectivity index (χ1n) is 23.0. The van der Waals surface area contributed by atoms with Gasteiger partial charge in [-0.25, -0.2) is 22.8 Å². The minimum absolute atomic E-state index is 0.00499. The number of ether oxygens (including phenoxy) is 1. The second-order valence-corrected chi connectivity index (χ2v) is 21.9. The minimum atomic E-state index is -3.78. The molecule has 2 aromatic heterocycles. The first-order valence-corrected chi connectivity index (χ1v) is 25.8. The van der Waals surface area contributed by atoms with Crippen molar-refractivity contribution in [2.24, 2.45) is 5.92 Å². The number of carboxylic acids is 2. The van der Waals surface area contributed by atoms with Crippen LogP contribution in [0.2, 0.25) is 5.02 Å². The van der Waals surface area contributed by atoms with Crippen molar-refractivity contribution < 1.29 is 47.3 Å². The first kappa shape index (κ1) is 49.3. The van der Waals surface area contributed by atoms with Gasteiger partial charge in [0.1, 0.15) is 11.1 Å². The Hall–Kier alpha value is -6.15. The fourth-order valence-corrected chi connectivity index (χ4v) is 13.2. The summed E-state index contributed by atoms with van der Waals surface area (Å²) in [6, 6.07) is 19.6. The Labute approximate surface area is 409 Å². The topological polar surface area (TPSA) is 229 Å². The number of aryl methyl sites for hydroxylation is 1. The number of thiophene rings is 1. The van der Waals surface area contributed by atoms with Crippen LogP contribution in [0.15, 0.2) is 72.9 Å². The lowest BCUT2D eigenvalue weighted by molar-refractivity contribution is -0.139. The molecule has 4 amide bonds. The van der Waals surface area contributed by atoms with E-state index in [1.807, 2.05) is 43.7 Å². The van der Waals surface area contributed by atoms with Crippen LogP contribution in [0, 0.1) is 12.8 Å². The molecule has 17 nitrogen and oxygen atoms in total. The Morgan fingerprint density at radius 3 is 2.43 bits per heavy atom. The molecule has 20 heteroatoms. The molecule has 5 heterocycles. The van der Waals surface area contributed by atoms with E-state index in [-0.39, 0.29) is 51.8 Å². The molecular weight excluding hydrogens is 946 g/mol. The maximum atomic E-state index is 14.0. The molecule has 5 aromatic rings. The van der Waals surface area contributed by atoms with Crippen molar-refractivity contribution in [3.63, 3.8) is 0 Å². The van der Waals surface area contributed by atoms with Crippen LogP contribution in [0.5, 0.6) is 5.75 Å². The van der Waals surface area contributed by atoms with E-state index in [4.69, 9.17) is 21.4 Å².